The molecule has 0 radical (unpaired) electrons. The summed E-state index contributed by atoms with van der Waals surface area (Å²) in [5, 5.41) is 10.8. The van der Waals surface area contributed by atoms with Gasteiger partial charge in [-0.3, -0.25) is 14.5 Å². The van der Waals surface area contributed by atoms with Crippen LogP contribution in [0.5, 0.6) is 0 Å². The van der Waals surface area contributed by atoms with Gasteiger partial charge in [0.1, 0.15) is 5.65 Å². The lowest BCUT2D eigenvalue weighted by molar-refractivity contribution is -0.384. The minimum atomic E-state index is -0.413. The first-order valence-electron chi connectivity index (χ1n) is 7.64. The number of nitrogens with zero attached hydrogens (tertiary/aromatic N) is 3. The van der Waals surface area contributed by atoms with Gasteiger partial charge in [0.15, 0.2) is 0 Å². The topological polar surface area (TPSA) is 76.2 Å². The summed E-state index contributed by atoms with van der Waals surface area (Å²) in [5.41, 5.74) is 4.50. The quantitative estimate of drug-likeness (QED) is 0.191. The number of nitro groups is 1. The monoisotopic (exact) mass is 474 g/mol. The number of benzene rings is 2. The first kappa shape index (κ1) is 16.9. The summed E-state index contributed by atoms with van der Waals surface area (Å²) in [4.78, 5) is 18.1. The van der Waals surface area contributed by atoms with Crippen LogP contribution in [-0.2, 0) is 0 Å². The largest absolute Gasteiger partial charge is 0.339 e. The third kappa shape index (κ3) is 3.01. The van der Waals surface area contributed by atoms with E-state index in [1.54, 1.807) is 18.3 Å². The maximum atomic E-state index is 10.8. The van der Waals surface area contributed by atoms with Crippen molar-refractivity contribution in [1.82, 2.24) is 14.4 Å². The Hall–Kier alpha value is -2.59. The van der Waals surface area contributed by atoms with Gasteiger partial charge in [0.2, 0.25) is 4.77 Å². The lowest BCUT2D eigenvalue weighted by Crippen LogP contribution is -1.92. The maximum absolute atomic E-state index is 10.8. The summed E-state index contributed by atoms with van der Waals surface area (Å²) < 4.78 is 3.42. The summed E-state index contributed by atoms with van der Waals surface area (Å²) in [5.74, 6) is 0. The number of halogens is 1. The minimum absolute atomic E-state index is 0.0581. The fourth-order valence-corrected chi connectivity index (χ4v) is 3.31. The Morgan fingerprint density at radius 1 is 1.08 bits per heavy atom. The Morgan fingerprint density at radius 2 is 1.73 bits per heavy atom. The van der Waals surface area contributed by atoms with E-state index in [1.165, 1.54) is 12.1 Å². The lowest BCUT2D eigenvalue weighted by atomic mass is 10.1. The molecule has 0 saturated carbocycles. The number of hydrogen-bond acceptors (Lipinski definition) is 4. The van der Waals surface area contributed by atoms with E-state index in [9.17, 15) is 10.1 Å². The molecule has 0 spiro atoms. The van der Waals surface area contributed by atoms with Crippen LogP contribution in [0.4, 0.5) is 5.69 Å². The molecule has 0 aliphatic rings. The Kier molecular flexibility index (Phi) is 4.29. The zero-order chi connectivity index (χ0) is 18.3. The molecule has 2 aromatic carbocycles. The number of nitrogens with one attached hydrogen (secondary N) is 1. The highest BCUT2D eigenvalue weighted by atomic mass is 127. The van der Waals surface area contributed by atoms with Gasteiger partial charge < -0.3 is 4.98 Å². The van der Waals surface area contributed by atoms with Gasteiger partial charge in [0, 0.05) is 33.7 Å². The van der Waals surface area contributed by atoms with Gasteiger partial charge >= 0.3 is 0 Å². The Bertz CT molecular complexity index is 1180. The third-order valence-electron chi connectivity index (χ3n) is 4.06. The zero-order valence-electron chi connectivity index (χ0n) is 13.2. The highest BCUT2D eigenvalue weighted by molar-refractivity contribution is 14.1. The predicted octanol–water partition coefficient (Wildman–Crippen LogP) is 5.24. The van der Waals surface area contributed by atoms with Crippen molar-refractivity contribution in [3.8, 4) is 22.4 Å². The standard InChI is InChI=1S/C18H11IN4O2S/c19-13-5-1-11(2-6-13)15-9-20-18(26)22-10-16(21-17(15)22)12-3-7-14(8-4-12)23(24)25/h1-10,21H. The summed E-state index contributed by atoms with van der Waals surface area (Å²) in [6.07, 6.45) is 3.62. The maximum Gasteiger partial charge on any atom is 0.269 e. The SMILES string of the molecule is O=[N+]([O-])c1ccc(-c2cn3c(=S)ncc(-c4ccc(I)cc4)c3[nH]2)cc1. The van der Waals surface area contributed by atoms with Crippen LogP contribution < -0.4 is 0 Å². The molecule has 1 N–H and O–H groups in total. The molecule has 0 saturated heterocycles. The van der Waals surface area contributed by atoms with Crippen LogP contribution in [0.2, 0.25) is 0 Å². The van der Waals surface area contributed by atoms with Gasteiger partial charge in [-0.1, -0.05) is 12.1 Å². The molecular weight excluding hydrogens is 463 g/mol. The molecule has 0 aliphatic carbocycles. The highest BCUT2D eigenvalue weighted by Gasteiger charge is 2.11. The molecule has 26 heavy (non-hydrogen) atoms. The summed E-state index contributed by atoms with van der Waals surface area (Å²) in [6, 6.07) is 14.5. The third-order valence-corrected chi connectivity index (χ3v) is 5.08. The van der Waals surface area contributed by atoms with Crippen LogP contribution in [0.15, 0.2) is 60.9 Å². The smallest absolute Gasteiger partial charge is 0.269 e. The number of H-pyrrole nitrogens is 1. The van der Waals surface area contributed by atoms with E-state index in [1.807, 2.05) is 34.9 Å². The molecule has 128 valence electrons. The Labute approximate surface area is 166 Å². The Morgan fingerprint density at radius 3 is 2.38 bits per heavy atom. The fraction of sp³-hybridized carbons (Fsp3) is 0. The molecule has 2 aromatic heterocycles. The van der Waals surface area contributed by atoms with E-state index < -0.39 is 4.92 Å². The molecule has 0 fully saturated rings. The molecule has 2 heterocycles. The number of nitro benzene ring substituents is 1. The predicted molar refractivity (Wildman–Crippen MR) is 111 cm³/mol. The molecule has 4 rings (SSSR count). The van der Waals surface area contributed by atoms with Crippen molar-refractivity contribution in [1.29, 1.82) is 0 Å². The molecule has 0 aliphatic heterocycles. The average molecular weight is 474 g/mol. The number of imidazole rings is 1. The van der Waals surface area contributed by atoms with Crippen molar-refractivity contribution in [3.63, 3.8) is 0 Å². The highest BCUT2D eigenvalue weighted by Crippen LogP contribution is 2.28. The number of rotatable bonds is 3. The van der Waals surface area contributed by atoms with E-state index in [4.69, 9.17) is 12.2 Å². The number of aromatic amines is 1. The van der Waals surface area contributed by atoms with E-state index in [-0.39, 0.29) is 5.69 Å². The number of hydrogen-bond donors (Lipinski definition) is 1. The van der Waals surface area contributed by atoms with Crippen molar-refractivity contribution in [3.05, 3.63) is 79.4 Å². The second kappa shape index (κ2) is 6.61. The summed E-state index contributed by atoms with van der Waals surface area (Å²) in [7, 11) is 0. The van der Waals surface area contributed by atoms with Gasteiger partial charge in [-0.05, 0) is 70.2 Å². The molecule has 4 aromatic rings. The van der Waals surface area contributed by atoms with E-state index in [0.29, 0.717) is 4.77 Å². The molecule has 0 atom stereocenters. The van der Waals surface area contributed by atoms with Crippen LogP contribution >= 0.6 is 34.8 Å². The van der Waals surface area contributed by atoms with Gasteiger partial charge in [-0.15, -0.1) is 0 Å². The molecule has 0 unspecified atom stereocenters. The molecule has 6 nitrogen and oxygen atoms in total. The van der Waals surface area contributed by atoms with Crippen molar-refractivity contribution in [2.45, 2.75) is 0 Å². The first-order valence-corrected chi connectivity index (χ1v) is 9.13. The van der Waals surface area contributed by atoms with Crippen molar-refractivity contribution < 1.29 is 4.92 Å². The summed E-state index contributed by atoms with van der Waals surface area (Å²) in [6.45, 7) is 0. The van der Waals surface area contributed by atoms with Gasteiger partial charge in [0.05, 0.1) is 10.6 Å². The van der Waals surface area contributed by atoms with Crippen LogP contribution in [0.25, 0.3) is 28.0 Å². The molecular formula is C18H11IN4O2S. The molecule has 0 amide bonds. The second-order valence-corrected chi connectivity index (χ2v) is 7.26. The van der Waals surface area contributed by atoms with E-state index in [2.05, 4.69) is 32.6 Å². The van der Waals surface area contributed by atoms with Gasteiger partial charge in [-0.2, -0.15) is 0 Å². The molecule has 8 heteroatoms. The van der Waals surface area contributed by atoms with Crippen molar-refractivity contribution in [2.24, 2.45) is 0 Å². The van der Waals surface area contributed by atoms with Crippen molar-refractivity contribution >= 4 is 46.1 Å². The van der Waals surface area contributed by atoms with Crippen molar-refractivity contribution in [2.75, 3.05) is 0 Å². The first-order chi connectivity index (χ1) is 12.5. The molecule has 0 bridgehead atoms. The number of aromatic nitrogens is 3. The Balaban J connectivity index is 1.87. The number of fused-ring (bicyclic) bond motifs is 1. The summed E-state index contributed by atoms with van der Waals surface area (Å²) >= 11 is 7.61. The second-order valence-electron chi connectivity index (χ2n) is 5.65. The fourth-order valence-electron chi connectivity index (χ4n) is 2.75. The van der Waals surface area contributed by atoms with Crippen LogP contribution in [0, 0.1) is 18.5 Å². The van der Waals surface area contributed by atoms with Crippen LogP contribution in [0.1, 0.15) is 0 Å². The average Bonchev–Trinajstić information content (AvgIpc) is 3.09. The van der Waals surface area contributed by atoms with Crippen LogP contribution in [0.3, 0.4) is 0 Å². The zero-order valence-corrected chi connectivity index (χ0v) is 16.2. The van der Waals surface area contributed by atoms with E-state index >= 15 is 0 Å². The normalized spacial score (nSPS) is 11.0. The number of non-ortho nitro benzene ring substituents is 1. The lowest BCUT2D eigenvalue weighted by Gasteiger charge is -2.04. The minimum Gasteiger partial charge on any atom is -0.339 e. The van der Waals surface area contributed by atoms with Gasteiger partial charge in [-0.25, -0.2) is 4.98 Å². The van der Waals surface area contributed by atoms with E-state index in [0.717, 1.165) is 31.6 Å². The van der Waals surface area contributed by atoms with Gasteiger partial charge in [0.25, 0.3) is 5.69 Å². The van der Waals surface area contributed by atoms with Crippen LogP contribution in [-0.4, -0.2) is 19.3 Å².